The first kappa shape index (κ1) is 22.4. The minimum absolute atomic E-state index is 0.166. The van der Waals surface area contributed by atoms with Crippen LogP contribution in [0.5, 0.6) is 5.75 Å². The maximum absolute atomic E-state index is 14.1. The summed E-state index contributed by atoms with van der Waals surface area (Å²) in [5, 5.41) is 13.8. The fraction of sp³-hybridized carbons (Fsp3) is 0.583. The Balaban J connectivity index is 1.37. The maximum Gasteiger partial charge on any atom is 0.229 e. The lowest BCUT2D eigenvalue weighted by Crippen LogP contribution is -2.24. The Morgan fingerprint density at radius 2 is 2.03 bits per heavy atom. The van der Waals surface area contributed by atoms with Gasteiger partial charge in [0, 0.05) is 12.0 Å². The van der Waals surface area contributed by atoms with Gasteiger partial charge in [-0.05, 0) is 56.1 Å². The maximum atomic E-state index is 14.1. The van der Waals surface area contributed by atoms with Gasteiger partial charge in [0.1, 0.15) is 6.61 Å². The van der Waals surface area contributed by atoms with Gasteiger partial charge in [-0.25, -0.2) is 4.39 Å². The number of fused-ring (bicyclic) bond motifs is 2. The third kappa shape index (κ3) is 4.65. The Labute approximate surface area is 197 Å². The van der Waals surface area contributed by atoms with Crippen molar-refractivity contribution in [3.8, 4) is 5.75 Å². The molecular weight excluding hydrogens is 441 g/mol. The van der Waals surface area contributed by atoms with E-state index in [9.17, 15) is 4.39 Å². The van der Waals surface area contributed by atoms with Crippen molar-refractivity contribution in [2.45, 2.75) is 75.9 Å². The van der Waals surface area contributed by atoms with Gasteiger partial charge in [0.25, 0.3) is 0 Å². The predicted molar refractivity (Wildman–Crippen MR) is 122 cm³/mol. The van der Waals surface area contributed by atoms with Crippen LogP contribution in [-0.2, 0) is 12.4 Å². The Morgan fingerprint density at radius 3 is 2.73 bits per heavy atom. The molecule has 2 saturated carbocycles. The highest BCUT2D eigenvalue weighted by molar-refractivity contribution is 7.98. The fourth-order valence-electron chi connectivity index (χ4n) is 5.38. The Hall–Kier alpha value is -2.42. The van der Waals surface area contributed by atoms with Crippen LogP contribution < -0.4 is 4.74 Å². The van der Waals surface area contributed by atoms with Gasteiger partial charge in [0.2, 0.25) is 5.89 Å². The molecule has 1 aromatic carbocycles. The predicted octanol–water partition coefficient (Wildman–Crippen LogP) is 5.79. The smallest absolute Gasteiger partial charge is 0.229 e. The van der Waals surface area contributed by atoms with Gasteiger partial charge in [-0.15, -0.1) is 10.2 Å². The van der Waals surface area contributed by atoms with Crippen molar-refractivity contribution < 1.29 is 13.7 Å². The van der Waals surface area contributed by atoms with Gasteiger partial charge < -0.3 is 9.26 Å². The van der Waals surface area contributed by atoms with E-state index in [0.717, 1.165) is 17.0 Å². The second-order valence-electron chi connectivity index (χ2n) is 9.56. The number of hydrogen-bond donors (Lipinski definition) is 0. The van der Waals surface area contributed by atoms with Crippen molar-refractivity contribution in [3.05, 3.63) is 47.6 Å². The molecule has 9 heteroatoms. The Morgan fingerprint density at radius 1 is 1.18 bits per heavy atom. The lowest BCUT2D eigenvalue weighted by Gasteiger charge is -2.30. The molecule has 4 unspecified atom stereocenters. The summed E-state index contributed by atoms with van der Waals surface area (Å²) in [5.74, 6) is 4.80. The van der Waals surface area contributed by atoms with Gasteiger partial charge in [-0.2, -0.15) is 4.98 Å². The molecule has 4 atom stereocenters. The highest BCUT2D eigenvalue weighted by atomic mass is 32.2. The average molecular weight is 472 g/mol. The quantitative estimate of drug-likeness (QED) is 0.365. The summed E-state index contributed by atoms with van der Waals surface area (Å²) in [6, 6.07) is 6.69. The lowest BCUT2D eigenvalue weighted by molar-refractivity contribution is 0.215. The third-order valence-corrected chi connectivity index (χ3v) is 8.00. The van der Waals surface area contributed by atoms with E-state index in [1.165, 1.54) is 31.7 Å². The second kappa shape index (κ2) is 9.44. The molecule has 2 fully saturated rings. The van der Waals surface area contributed by atoms with E-state index >= 15 is 0 Å². The molecule has 2 aromatic heterocycles. The van der Waals surface area contributed by atoms with Gasteiger partial charge in [0.05, 0.1) is 5.75 Å². The molecule has 3 aromatic rings. The molecule has 0 saturated heterocycles. The average Bonchev–Trinajstić information content (AvgIpc) is 3.60. The van der Waals surface area contributed by atoms with Crippen molar-refractivity contribution in [3.63, 3.8) is 0 Å². The van der Waals surface area contributed by atoms with E-state index in [4.69, 9.17) is 9.26 Å². The standard InChI is InChI=1S/C24H30FN5O2S/c1-14(2)23-26-21(29-32-23)13-33-24-28-27-22(12-31-20-7-5-4-6-19(20)25)30(24)15(3)18-11-16-8-9-17(18)10-16/h4-7,14-18H,8-13H2,1-3H3. The molecule has 2 bridgehead atoms. The highest BCUT2D eigenvalue weighted by Crippen LogP contribution is 2.52. The Kier molecular flexibility index (Phi) is 6.40. The van der Waals surface area contributed by atoms with Crippen molar-refractivity contribution in [2.24, 2.45) is 17.8 Å². The van der Waals surface area contributed by atoms with Gasteiger partial charge in [-0.3, -0.25) is 4.57 Å². The van der Waals surface area contributed by atoms with Gasteiger partial charge in [0.15, 0.2) is 28.4 Å². The van der Waals surface area contributed by atoms with E-state index in [1.807, 2.05) is 13.8 Å². The minimum atomic E-state index is -0.377. The molecule has 7 nitrogen and oxygen atoms in total. The van der Waals surface area contributed by atoms with Crippen LogP contribution in [-0.4, -0.2) is 24.9 Å². The monoisotopic (exact) mass is 471 g/mol. The molecular formula is C24H30FN5O2S. The summed E-state index contributed by atoms with van der Waals surface area (Å²) in [5.41, 5.74) is 0. The summed E-state index contributed by atoms with van der Waals surface area (Å²) < 4.78 is 27.4. The van der Waals surface area contributed by atoms with E-state index < -0.39 is 0 Å². The molecule has 33 heavy (non-hydrogen) atoms. The Bertz CT molecular complexity index is 1100. The van der Waals surface area contributed by atoms with Crippen LogP contribution in [0.2, 0.25) is 0 Å². The zero-order valence-corrected chi connectivity index (χ0v) is 20.1. The first-order valence-electron chi connectivity index (χ1n) is 11.8. The number of halogens is 1. The van der Waals surface area contributed by atoms with Crippen LogP contribution in [0.1, 0.15) is 76.0 Å². The summed E-state index contributed by atoms with van der Waals surface area (Å²) in [7, 11) is 0. The van der Waals surface area contributed by atoms with Gasteiger partial charge in [-0.1, -0.05) is 49.3 Å². The fourth-order valence-corrected chi connectivity index (χ4v) is 6.27. The number of rotatable bonds is 9. The molecule has 2 heterocycles. The van der Waals surface area contributed by atoms with Gasteiger partial charge >= 0.3 is 0 Å². The number of benzene rings is 1. The molecule has 0 radical (unpaired) electrons. The molecule has 0 aliphatic heterocycles. The molecule has 0 N–H and O–H groups in total. The number of hydrogen-bond acceptors (Lipinski definition) is 7. The molecule has 0 amide bonds. The van der Waals surface area contributed by atoms with Crippen LogP contribution in [0.4, 0.5) is 4.39 Å². The highest BCUT2D eigenvalue weighted by Gasteiger charge is 2.43. The number of para-hydroxylation sites is 1. The molecule has 0 spiro atoms. The third-order valence-electron chi connectivity index (χ3n) is 7.06. The number of nitrogens with zero attached hydrogens (tertiary/aromatic N) is 5. The van der Waals surface area contributed by atoms with Crippen molar-refractivity contribution in [1.29, 1.82) is 0 Å². The number of thioether (sulfide) groups is 1. The SMILES string of the molecule is CC(C)c1nc(CSc2nnc(COc3ccccc3F)n2C(C)C2CC3CCC2C3)no1. The first-order valence-corrected chi connectivity index (χ1v) is 12.7. The van der Waals surface area contributed by atoms with Crippen LogP contribution in [0.25, 0.3) is 0 Å². The molecule has 176 valence electrons. The topological polar surface area (TPSA) is 78.9 Å². The first-order chi connectivity index (χ1) is 16.0. The number of aromatic nitrogens is 5. The van der Waals surface area contributed by atoms with Crippen molar-refractivity contribution >= 4 is 11.8 Å². The van der Waals surface area contributed by atoms with Crippen molar-refractivity contribution in [2.75, 3.05) is 0 Å². The minimum Gasteiger partial charge on any atom is -0.483 e. The summed E-state index contributed by atoms with van der Waals surface area (Å²) in [6.45, 7) is 6.48. The van der Waals surface area contributed by atoms with E-state index in [2.05, 4.69) is 31.8 Å². The lowest BCUT2D eigenvalue weighted by atomic mass is 9.84. The zero-order valence-electron chi connectivity index (χ0n) is 19.3. The number of ether oxygens (including phenoxy) is 1. The van der Waals surface area contributed by atoms with Crippen molar-refractivity contribution in [1.82, 2.24) is 24.9 Å². The molecule has 5 rings (SSSR count). The molecule has 2 aliphatic rings. The second-order valence-corrected chi connectivity index (χ2v) is 10.5. The van der Waals surface area contributed by atoms with Crippen LogP contribution in [0, 0.1) is 23.6 Å². The summed E-state index contributed by atoms with van der Waals surface area (Å²) in [4.78, 5) is 4.48. The van der Waals surface area contributed by atoms with Crippen LogP contribution in [0.15, 0.2) is 33.9 Å². The van der Waals surface area contributed by atoms with Crippen LogP contribution in [0.3, 0.4) is 0 Å². The largest absolute Gasteiger partial charge is 0.483 e. The molecule has 2 aliphatic carbocycles. The van der Waals surface area contributed by atoms with Crippen LogP contribution >= 0.6 is 11.8 Å². The van der Waals surface area contributed by atoms with E-state index in [0.29, 0.717) is 29.2 Å². The summed E-state index contributed by atoms with van der Waals surface area (Å²) >= 11 is 1.55. The normalized spacial score (nSPS) is 22.9. The van der Waals surface area contributed by atoms with E-state index in [-0.39, 0.29) is 30.1 Å². The zero-order chi connectivity index (χ0) is 22.9. The summed E-state index contributed by atoms with van der Waals surface area (Å²) in [6.07, 6.45) is 5.26. The van der Waals surface area contributed by atoms with E-state index in [1.54, 1.807) is 30.0 Å².